The Kier molecular flexibility index (Phi) is 2.90. The van der Waals surface area contributed by atoms with Crippen LogP contribution < -0.4 is 5.32 Å². The lowest BCUT2D eigenvalue weighted by molar-refractivity contribution is -0.0343. The maximum Gasteiger partial charge on any atom is 0.116 e. The SMILES string of the molecule is CC(C)NC1(O)CCCCC1. The molecule has 0 heterocycles. The minimum Gasteiger partial charge on any atom is -0.376 e. The van der Waals surface area contributed by atoms with Gasteiger partial charge in [0.05, 0.1) is 0 Å². The molecule has 0 aliphatic heterocycles. The van der Waals surface area contributed by atoms with Gasteiger partial charge in [-0.15, -0.1) is 0 Å². The summed E-state index contributed by atoms with van der Waals surface area (Å²) in [5.41, 5.74) is -0.549. The fourth-order valence-corrected chi connectivity index (χ4v) is 1.82. The highest BCUT2D eigenvalue weighted by Gasteiger charge is 2.28. The van der Waals surface area contributed by atoms with Gasteiger partial charge in [-0.1, -0.05) is 6.42 Å². The third-order valence-electron chi connectivity index (χ3n) is 2.24. The molecule has 1 saturated carbocycles. The molecule has 2 heteroatoms. The molecule has 0 unspecified atom stereocenters. The van der Waals surface area contributed by atoms with Gasteiger partial charge in [-0.3, -0.25) is 5.32 Å². The van der Waals surface area contributed by atoms with E-state index in [1.54, 1.807) is 0 Å². The van der Waals surface area contributed by atoms with Crippen LogP contribution in [0.25, 0.3) is 0 Å². The summed E-state index contributed by atoms with van der Waals surface area (Å²) < 4.78 is 0. The van der Waals surface area contributed by atoms with Crippen molar-refractivity contribution in [2.45, 2.75) is 57.7 Å². The molecule has 1 aliphatic carbocycles. The number of nitrogens with one attached hydrogen (secondary N) is 1. The molecular formula is C9H19NO. The smallest absolute Gasteiger partial charge is 0.116 e. The first kappa shape index (κ1) is 9.01. The minimum absolute atomic E-state index is 0.387. The molecule has 1 rings (SSSR count). The van der Waals surface area contributed by atoms with Crippen LogP contribution >= 0.6 is 0 Å². The van der Waals surface area contributed by atoms with Crippen molar-refractivity contribution >= 4 is 0 Å². The van der Waals surface area contributed by atoms with Gasteiger partial charge in [-0.05, 0) is 39.5 Å². The Morgan fingerprint density at radius 2 is 1.73 bits per heavy atom. The molecule has 1 aliphatic rings. The van der Waals surface area contributed by atoms with E-state index in [1.807, 2.05) is 0 Å². The summed E-state index contributed by atoms with van der Waals surface area (Å²) in [6, 6.07) is 0.387. The number of rotatable bonds is 2. The summed E-state index contributed by atoms with van der Waals surface area (Å²) in [4.78, 5) is 0. The van der Waals surface area contributed by atoms with Gasteiger partial charge in [0.1, 0.15) is 5.72 Å². The third-order valence-corrected chi connectivity index (χ3v) is 2.24. The molecule has 0 radical (unpaired) electrons. The first-order valence-corrected chi connectivity index (χ1v) is 4.62. The summed E-state index contributed by atoms with van der Waals surface area (Å²) in [6.07, 6.45) is 5.45. The number of hydrogen-bond acceptors (Lipinski definition) is 2. The summed E-state index contributed by atoms with van der Waals surface area (Å²) in [6.45, 7) is 4.15. The Balaban J connectivity index is 2.37. The Labute approximate surface area is 69.0 Å². The Morgan fingerprint density at radius 3 is 2.18 bits per heavy atom. The zero-order valence-electron chi connectivity index (χ0n) is 7.56. The van der Waals surface area contributed by atoms with E-state index in [0.29, 0.717) is 6.04 Å². The maximum atomic E-state index is 9.93. The number of aliphatic hydroxyl groups is 1. The second-order valence-corrected chi connectivity index (χ2v) is 3.89. The van der Waals surface area contributed by atoms with Crippen LogP contribution in [0.3, 0.4) is 0 Å². The number of hydrogen-bond donors (Lipinski definition) is 2. The van der Waals surface area contributed by atoms with Gasteiger partial charge in [-0.2, -0.15) is 0 Å². The zero-order chi connectivity index (χ0) is 8.32. The van der Waals surface area contributed by atoms with Gasteiger partial charge in [0.25, 0.3) is 0 Å². The molecular weight excluding hydrogens is 138 g/mol. The predicted octanol–water partition coefficient (Wildman–Crippen LogP) is 1.64. The fourth-order valence-electron chi connectivity index (χ4n) is 1.82. The van der Waals surface area contributed by atoms with Crippen LogP contribution in [0.2, 0.25) is 0 Å². The van der Waals surface area contributed by atoms with Crippen molar-refractivity contribution in [1.82, 2.24) is 5.32 Å². The average molecular weight is 157 g/mol. The van der Waals surface area contributed by atoms with E-state index in [2.05, 4.69) is 19.2 Å². The van der Waals surface area contributed by atoms with Crippen molar-refractivity contribution in [3.63, 3.8) is 0 Å². The van der Waals surface area contributed by atoms with Gasteiger partial charge in [0.15, 0.2) is 0 Å². The highest BCUT2D eigenvalue weighted by molar-refractivity contribution is 4.80. The molecule has 11 heavy (non-hydrogen) atoms. The average Bonchev–Trinajstić information content (AvgIpc) is 1.85. The fraction of sp³-hybridized carbons (Fsp3) is 1.00. The highest BCUT2D eigenvalue weighted by atomic mass is 16.3. The molecule has 0 bridgehead atoms. The van der Waals surface area contributed by atoms with Crippen LogP contribution in [-0.2, 0) is 0 Å². The lowest BCUT2D eigenvalue weighted by Crippen LogP contribution is -2.49. The van der Waals surface area contributed by atoms with Gasteiger partial charge < -0.3 is 5.11 Å². The first-order chi connectivity index (χ1) is 5.12. The monoisotopic (exact) mass is 157 g/mol. The van der Waals surface area contributed by atoms with E-state index in [-0.39, 0.29) is 0 Å². The quantitative estimate of drug-likeness (QED) is 0.597. The molecule has 0 aromatic carbocycles. The van der Waals surface area contributed by atoms with Crippen molar-refractivity contribution in [2.75, 3.05) is 0 Å². The predicted molar refractivity (Wildman–Crippen MR) is 46.3 cm³/mol. The van der Waals surface area contributed by atoms with E-state index < -0.39 is 5.72 Å². The second-order valence-electron chi connectivity index (χ2n) is 3.89. The molecule has 1 fully saturated rings. The highest BCUT2D eigenvalue weighted by Crippen LogP contribution is 2.25. The lowest BCUT2D eigenvalue weighted by Gasteiger charge is -2.34. The van der Waals surface area contributed by atoms with Crippen LogP contribution in [0.1, 0.15) is 46.0 Å². The Hall–Kier alpha value is -0.0800. The summed E-state index contributed by atoms with van der Waals surface area (Å²) in [5.74, 6) is 0. The standard InChI is InChI=1S/C9H19NO/c1-8(2)10-9(11)6-4-3-5-7-9/h8,10-11H,3-7H2,1-2H3. The van der Waals surface area contributed by atoms with Crippen molar-refractivity contribution in [3.05, 3.63) is 0 Å². The van der Waals surface area contributed by atoms with Crippen molar-refractivity contribution in [2.24, 2.45) is 0 Å². The van der Waals surface area contributed by atoms with Gasteiger partial charge in [-0.25, -0.2) is 0 Å². The van der Waals surface area contributed by atoms with Crippen LogP contribution in [0.5, 0.6) is 0 Å². The Bertz CT molecular complexity index is 117. The van der Waals surface area contributed by atoms with Crippen LogP contribution in [-0.4, -0.2) is 16.9 Å². The maximum absolute atomic E-state index is 9.93. The normalized spacial score (nSPS) is 24.0. The van der Waals surface area contributed by atoms with Crippen molar-refractivity contribution in [3.8, 4) is 0 Å². The van der Waals surface area contributed by atoms with E-state index in [4.69, 9.17) is 0 Å². The molecule has 0 aromatic rings. The van der Waals surface area contributed by atoms with Crippen molar-refractivity contribution in [1.29, 1.82) is 0 Å². The Morgan fingerprint density at radius 1 is 1.18 bits per heavy atom. The van der Waals surface area contributed by atoms with Crippen LogP contribution in [0.15, 0.2) is 0 Å². The van der Waals surface area contributed by atoms with Crippen molar-refractivity contribution < 1.29 is 5.11 Å². The van der Waals surface area contributed by atoms with E-state index >= 15 is 0 Å². The zero-order valence-corrected chi connectivity index (χ0v) is 7.56. The largest absolute Gasteiger partial charge is 0.376 e. The van der Waals surface area contributed by atoms with Crippen LogP contribution in [0, 0.1) is 0 Å². The molecule has 0 aromatic heterocycles. The van der Waals surface area contributed by atoms with E-state index in [1.165, 1.54) is 6.42 Å². The molecule has 0 amide bonds. The molecule has 0 spiro atoms. The van der Waals surface area contributed by atoms with Gasteiger partial charge in [0, 0.05) is 6.04 Å². The van der Waals surface area contributed by atoms with Gasteiger partial charge in [0.2, 0.25) is 0 Å². The molecule has 0 atom stereocenters. The summed E-state index contributed by atoms with van der Waals surface area (Å²) in [7, 11) is 0. The second kappa shape index (κ2) is 3.55. The summed E-state index contributed by atoms with van der Waals surface area (Å²) in [5, 5.41) is 13.1. The van der Waals surface area contributed by atoms with E-state index in [0.717, 1.165) is 25.7 Å². The van der Waals surface area contributed by atoms with Gasteiger partial charge >= 0.3 is 0 Å². The molecule has 2 nitrogen and oxygen atoms in total. The van der Waals surface area contributed by atoms with E-state index in [9.17, 15) is 5.11 Å². The first-order valence-electron chi connectivity index (χ1n) is 4.62. The molecule has 2 N–H and O–H groups in total. The third kappa shape index (κ3) is 2.80. The summed E-state index contributed by atoms with van der Waals surface area (Å²) >= 11 is 0. The minimum atomic E-state index is -0.549. The molecule has 0 saturated heterocycles. The molecule has 66 valence electrons. The topological polar surface area (TPSA) is 32.3 Å². The lowest BCUT2D eigenvalue weighted by atomic mass is 9.91. The van der Waals surface area contributed by atoms with Crippen LogP contribution in [0.4, 0.5) is 0 Å².